The number of esters is 1. The van der Waals surface area contributed by atoms with Crippen molar-refractivity contribution in [2.75, 3.05) is 7.11 Å². The van der Waals surface area contributed by atoms with E-state index in [1.54, 1.807) is 6.07 Å². The summed E-state index contributed by atoms with van der Waals surface area (Å²) in [5.41, 5.74) is 0.804. The number of thiazole rings is 1. The summed E-state index contributed by atoms with van der Waals surface area (Å²) in [6.07, 6.45) is 1.51. The molecule has 0 spiro atoms. The number of hydrogen-bond acceptors (Lipinski definition) is 5. The minimum Gasteiger partial charge on any atom is -0.465 e. The first-order valence-corrected chi connectivity index (χ1v) is 5.04. The van der Waals surface area contributed by atoms with E-state index in [4.69, 9.17) is 5.26 Å². The topological polar surface area (TPSA) is 63.0 Å². The second-order valence-electron chi connectivity index (χ2n) is 2.84. The molecule has 0 bridgehead atoms. The van der Waals surface area contributed by atoms with Crippen LogP contribution in [0.2, 0.25) is 0 Å². The number of aryl methyl sites for hydroxylation is 2. The zero-order valence-corrected chi connectivity index (χ0v) is 9.51. The van der Waals surface area contributed by atoms with Crippen LogP contribution in [-0.4, -0.2) is 18.1 Å². The molecule has 0 fully saturated rings. The lowest BCUT2D eigenvalue weighted by Gasteiger charge is -1.94. The van der Waals surface area contributed by atoms with Crippen LogP contribution in [0.1, 0.15) is 15.6 Å². The van der Waals surface area contributed by atoms with Gasteiger partial charge in [-0.05, 0) is 19.9 Å². The number of rotatable bonds is 2. The normalized spacial score (nSPS) is 10.9. The second-order valence-corrected chi connectivity index (χ2v) is 4.08. The number of nitrogens with zero attached hydrogens (tertiary/aromatic N) is 2. The fourth-order valence-corrected chi connectivity index (χ4v) is 1.93. The van der Waals surface area contributed by atoms with E-state index in [-0.39, 0.29) is 5.57 Å². The van der Waals surface area contributed by atoms with E-state index in [1.807, 2.05) is 13.8 Å². The number of hydrogen-bond donors (Lipinski definition) is 0. The molecule has 5 heteroatoms. The van der Waals surface area contributed by atoms with Crippen LogP contribution < -0.4 is 0 Å². The first-order chi connectivity index (χ1) is 7.08. The van der Waals surface area contributed by atoms with Crippen molar-refractivity contribution >= 4 is 23.4 Å². The lowest BCUT2D eigenvalue weighted by atomic mass is 10.2. The molecule has 0 N–H and O–H groups in total. The zero-order chi connectivity index (χ0) is 11.4. The van der Waals surface area contributed by atoms with Crippen LogP contribution in [0.25, 0.3) is 6.08 Å². The van der Waals surface area contributed by atoms with Crippen molar-refractivity contribution in [3.8, 4) is 6.07 Å². The van der Waals surface area contributed by atoms with E-state index in [2.05, 4.69) is 9.72 Å². The van der Waals surface area contributed by atoms with E-state index < -0.39 is 5.97 Å². The summed E-state index contributed by atoms with van der Waals surface area (Å²) < 4.78 is 4.48. The van der Waals surface area contributed by atoms with Gasteiger partial charge in [-0.25, -0.2) is 9.78 Å². The summed E-state index contributed by atoms with van der Waals surface area (Å²) in [7, 11) is 1.25. The largest absolute Gasteiger partial charge is 0.465 e. The molecule has 0 radical (unpaired) electrons. The Balaban J connectivity index is 3.10. The summed E-state index contributed by atoms with van der Waals surface area (Å²) >= 11 is 1.44. The molecule has 1 aromatic rings. The fourth-order valence-electron chi connectivity index (χ4n) is 1.06. The van der Waals surface area contributed by atoms with Gasteiger partial charge in [0, 0.05) is 0 Å². The zero-order valence-electron chi connectivity index (χ0n) is 8.70. The van der Waals surface area contributed by atoms with Gasteiger partial charge in [0.1, 0.15) is 11.6 Å². The van der Waals surface area contributed by atoms with Crippen molar-refractivity contribution in [2.24, 2.45) is 0 Å². The van der Waals surface area contributed by atoms with Crippen LogP contribution >= 0.6 is 11.3 Å². The summed E-state index contributed by atoms with van der Waals surface area (Å²) in [4.78, 5) is 16.1. The lowest BCUT2D eigenvalue weighted by Crippen LogP contribution is -2.02. The molecule has 78 valence electrons. The van der Waals surface area contributed by atoms with Crippen molar-refractivity contribution in [1.29, 1.82) is 5.26 Å². The third-order valence-corrected chi connectivity index (χ3v) is 2.76. The molecular formula is C10H10N2O2S. The van der Waals surface area contributed by atoms with Crippen molar-refractivity contribution in [3.63, 3.8) is 0 Å². The summed E-state index contributed by atoms with van der Waals surface area (Å²) in [5.74, 6) is -0.622. The van der Waals surface area contributed by atoms with Crippen LogP contribution in [0.15, 0.2) is 5.57 Å². The quantitative estimate of drug-likeness (QED) is 0.435. The Morgan fingerprint density at radius 2 is 2.27 bits per heavy atom. The Kier molecular flexibility index (Phi) is 3.58. The molecule has 15 heavy (non-hydrogen) atoms. The number of aromatic nitrogens is 1. The average Bonchev–Trinajstić information content (AvgIpc) is 2.52. The molecule has 1 rings (SSSR count). The van der Waals surface area contributed by atoms with Gasteiger partial charge in [-0.1, -0.05) is 0 Å². The van der Waals surface area contributed by atoms with Crippen molar-refractivity contribution in [3.05, 3.63) is 21.2 Å². The highest BCUT2D eigenvalue weighted by atomic mass is 32.1. The molecule has 4 nitrogen and oxygen atoms in total. The number of carbonyl (C=O) groups excluding carboxylic acids is 1. The Morgan fingerprint density at radius 1 is 1.60 bits per heavy atom. The van der Waals surface area contributed by atoms with E-state index in [9.17, 15) is 4.79 Å². The monoisotopic (exact) mass is 222 g/mol. The van der Waals surface area contributed by atoms with Gasteiger partial charge in [-0.2, -0.15) is 5.26 Å². The predicted octanol–water partition coefficient (Wildman–Crippen LogP) is 1.84. The fraction of sp³-hybridized carbons (Fsp3) is 0.300. The molecule has 1 heterocycles. The van der Waals surface area contributed by atoms with Crippen molar-refractivity contribution in [2.45, 2.75) is 13.8 Å². The van der Waals surface area contributed by atoms with Crippen LogP contribution in [0.4, 0.5) is 0 Å². The van der Waals surface area contributed by atoms with Gasteiger partial charge in [0.25, 0.3) is 0 Å². The number of nitriles is 1. The van der Waals surface area contributed by atoms with E-state index in [1.165, 1.54) is 24.5 Å². The summed E-state index contributed by atoms with van der Waals surface area (Å²) in [5, 5.41) is 9.66. The Labute approximate surface area is 91.8 Å². The van der Waals surface area contributed by atoms with Crippen molar-refractivity contribution < 1.29 is 9.53 Å². The minimum atomic E-state index is -0.622. The molecule has 0 aliphatic heterocycles. The van der Waals surface area contributed by atoms with E-state index >= 15 is 0 Å². The molecule has 0 aliphatic carbocycles. The van der Waals surface area contributed by atoms with Gasteiger partial charge in [-0.3, -0.25) is 0 Å². The average molecular weight is 222 g/mol. The molecule has 0 saturated carbocycles. The Morgan fingerprint density at radius 3 is 2.67 bits per heavy atom. The third kappa shape index (κ3) is 2.64. The highest BCUT2D eigenvalue weighted by molar-refractivity contribution is 7.12. The van der Waals surface area contributed by atoms with E-state index in [0.717, 1.165) is 15.6 Å². The van der Waals surface area contributed by atoms with Gasteiger partial charge < -0.3 is 4.74 Å². The van der Waals surface area contributed by atoms with Gasteiger partial charge in [-0.15, -0.1) is 11.3 Å². The van der Waals surface area contributed by atoms with E-state index in [0.29, 0.717) is 0 Å². The summed E-state index contributed by atoms with van der Waals surface area (Å²) in [6.45, 7) is 3.71. The molecule has 0 saturated heterocycles. The molecule has 0 aromatic carbocycles. The number of methoxy groups -OCH3 is 1. The standard InChI is InChI=1S/C10H10N2O2S/c1-6-9(15-7(2)12-6)4-8(5-11)10(13)14-3/h4H,1-3H3/b8-4+. The maximum Gasteiger partial charge on any atom is 0.348 e. The van der Waals surface area contributed by atoms with Crippen LogP contribution in [-0.2, 0) is 9.53 Å². The van der Waals surface area contributed by atoms with Crippen LogP contribution in [0.5, 0.6) is 0 Å². The molecule has 0 aliphatic rings. The first kappa shape index (κ1) is 11.4. The maximum absolute atomic E-state index is 11.1. The Hall–Kier alpha value is -1.67. The predicted molar refractivity (Wildman–Crippen MR) is 57.2 cm³/mol. The Bertz CT molecular complexity index is 454. The third-order valence-electron chi connectivity index (χ3n) is 1.74. The lowest BCUT2D eigenvalue weighted by molar-refractivity contribution is -0.135. The smallest absolute Gasteiger partial charge is 0.348 e. The maximum atomic E-state index is 11.1. The SMILES string of the molecule is COC(=O)/C(C#N)=C/c1sc(C)nc1C. The molecule has 0 unspecified atom stereocenters. The molecular weight excluding hydrogens is 212 g/mol. The van der Waals surface area contributed by atoms with Crippen LogP contribution in [0, 0.1) is 25.2 Å². The first-order valence-electron chi connectivity index (χ1n) is 4.22. The van der Waals surface area contributed by atoms with Crippen LogP contribution in [0.3, 0.4) is 0 Å². The number of ether oxygens (including phenoxy) is 1. The summed E-state index contributed by atoms with van der Waals surface area (Å²) in [6, 6.07) is 1.80. The number of carbonyl (C=O) groups is 1. The van der Waals surface area contributed by atoms with Gasteiger partial charge >= 0.3 is 5.97 Å². The highest BCUT2D eigenvalue weighted by Crippen LogP contribution is 2.20. The highest BCUT2D eigenvalue weighted by Gasteiger charge is 2.11. The van der Waals surface area contributed by atoms with Crippen molar-refractivity contribution in [1.82, 2.24) is 4.98 Å². The van der Waals surface area contributed by atoms with Gasteiger partial charge in [0.2, 0.25) is 0 Å². The molecule has 0 amide bonds. The van der Waals surface area contributed by atoms with Gasteiger partial charge in [0.15, 0.2) is 0 Å². The minimum absolute atomic E-state index is 0.00995. The molecule has 1 aromatic heterocycles. The van der Waals surface area contributed by atoms with Gasteiger partial charge in [0.05, 0.1) is 22.7 Å². The molecule has 0 atom stereocenters. The second kappa shape index (κ2) is 4.71.